The van der Waals surface area contributed by atoms with Gasteiger partial charge in [0, 0.05) is 11.9 Å². The molecule has 0 aliphatic heterocycles. The van der Waals surface area contributed by atoms with Crippen LogP contribution in [0.25, 0.3) is 0 Å². The maximum absolute atomic E-state index is 11.9. The summed E-state index contributed by atoms with van der Waals surface area (Å²) in [4.78, 5) is 22.7. The lowest BCUT2D eigenvalue weighted by Crippen LogP contribution is -2.19. The number of carbonyl (C=O) groups excluding carboxylic acids is 1. The fraction of sp³-hybridized carbons (Fsp3) is 0.312. The number of hydrogen-bond acceptors (Lipinski definition) is 3. The minimum absolute atomic E-state index is 0.158. The van der Waals surface area contributed by atoms with Gasteiger partial charge in [0.25, 0.3) is 0 Å². The van der Waals surface area contributed by atoms with Crippen molar-refractivity contribution in [3.63, 3.8) is 0 Å². The van der Waals surface area contributed by atoms with Gasteiger partial charge in [-0.1, -0.05) is 19.1 Å². The molecule has 2 rings (SSSR count). The second kappa shape index (κ2) is 6.89. The Morgan fingerprint density at radius 1 is 1.32 bits per heavy atom. The number of carboxylic acids is 1. The highest BCUT2D eigenvalue weighted by atomic mass is 16.4. The number of anilines is 1. The number of hydrogen-bond donors (Lipinski definition) is 2. The molecule has 1 aromatic carbocycles. The van der Waals surface area contributed by atoms with E-state index in [4.69, 9.17) is 5.11 Å². The predicted molar refractivity (Wildman–Crippen MR) is 82.5 cm³/mol. The zero-order valence-corrected chi connectivity index (χ0v) is 12.6. The van der Waals surface area contributed by atoms with E-state index in [1.54, 1.807) is 36.1 Å². The number of aromatic nitrogens is 2. The highest BCUT2D eigenvalue weighted by molar-refractivity contribution is 5.90. The summed E-state index contributed by atoms with van der Waals surface area (Å²) in [5, 5.41) is 15.7. The van der Waals surface area contributed by atoms with Crippen molar-refractivity contribution in [1.82, 2.24) is 9.78 Å². The molecule has 116 valence electrons. The Balaban J connectivity index is 1.90. The van der Waals surface area contributed by atoms with Crippen LogP contribution in [0.4, 0.5) is 5.69 Å². The van der Waals surface area contributed by atoms with Crippen LogP contribution in [0, 0.1) is 12.8 Å². The Labute approximate surface area is 128 Å². The molecule has 1 heterocycles. The van der Waals surface area contributed by atoms with E-state index in [-0.39, 0.29) is 12.5 Å². The summed E-state index contributed by atoms with van der Waals surface area (Å²) in [6.07, 6.45) is 3.97. The number of rotatable bonds is 6. The summed E-state index contributed by atoms with van der Waals surface area (Å²) in [7, 11) is 0. The van der Waals surface area contributed by atoms with Crippen LogP contribution in [0.3, 0.4) is 0 Å². The molecule has 0 fully saturated rings. The molecule has 0 aliphatic carbocycles. The van der Waals surface area contributed by atoms with Crippen molar-refractivity contribution in [3.8, 4) is 0 Å². The first-order chi connectivity index (χ1) is 10.4. The zero-order chi connectivity index (χ0) is 16.1. The monoisotopic (exact) mass is 301 g/mol. The standard InChI is InChI=1S/C16H19N3O3/c1-11-8-17-19(9-11)10-15(20)18-14-5-3-13(4-6-14)7-12(2)16(21)22/h3-6,8-9,12H,7,10H2,1-2H3,(H,18,20)(H,21,22). The number of nitrogens with one attached hydrogen (secondary N) is 1. The quantitative estimate of drug-likeness (QED) is 0.855. The van der Waals surface area contributed by atoms with E-state index in [9.17, 15) is 9.59 Å². The molecule has 6 heteroatoms. The first-order valence-electron chi connectivity index (χ1n) is 7.04. The summed E-state index contributed by atoms with van der Waals surface area (Å²) in [6.45, 7) is 3.74. The average Bonchev–Trinajstić information content (AvgIpc) is 2.86. The van der Waals surface area contributed by atoms with Gasteiger partial charge >= 0.3 is 5.97 Å². The lowest BCUT2D eigenvalue weighted by atomic mass is 10.0. The summed E-state index contributed by atoms with van der Waals surface area (Å²) in [5.41, 5.74) is 2.61. The van der Waals surface area contributed by atoms with Gasteiger partial charge in [-0.15, -0.1) is 0 Å². The number of benzene rings is 1. The highest BCUT2D eigenvalue weighted by Gasteiger charge is 2.11. The van der Waals surface area contributed by atoms with Gasteiger partial charge in [0.15, 0.2) is 0 Å². The van der Waals surface area contributed by atoms with E-state index < -0.39 is 11.9 Å². The van der Waals surface area contributed by atoms with Crippen LogP contribution in [0.1, 0.15) is 18.1 Å². The van der Waals surface area contributed by atoms with E-state index >= 15 is 0 Å². The van der Waals surface area contributed by atoms with Gasteiger partial charge in [-0.2, -0.15) is 5.10 Å². The average molecular weight is 301 g/mol. The Hall–Kier alpha value is -2.63. The first-order valence-corrected chi connectivity index (χ1v) is 7.04. The summed E-state index contributed by atoms with van der Waals surface area (Å²) in [5.74, 6) is -1.40. The molecular formula is C16H19N3O3. The SMILES string of the molecule is Cc1cnn(CC(=O)Nc2ccc(CC(C)C(=O)O)cc2)c1. The summed E-state index contributed by atoms with van der Waals surface area (Å²) < 4.78 is 1.58. The second-order valence-electron chi connectivity index (χ2n) is 5.40. The van der Waals surface area contributed by atoms with Crippen LogP contribution < -0.4 is 5.32 Å². The minimum atomic E-state index is -0.813. The van der Waals surface area contributed by atoms with Crippen molar-refractivity contribution in [3.05, 3.63) is 47.8 Å². The third-order valence-electron chi connectivity index (χ3n) is 3.27. The highest BCUT2D eigenvalue weighted by Crippen LogP contribution is 2.13. The van der Waals surface area contributed by atoms with Crippen LogP contribution in [0.2, 0.25) is 0 Å². The van der Waals surface area contributed by atoms with E-state index in [0.29, 0.717) is 12.1 Å². The van der Waals surface area contributed by atoms with Gasteiger partial charge in [0.1, 0.15) is 6.54 Å². The second-order valence-corrected chi connectivity index (χ2v) is 5.40. The predicted octanol–water partition coefficient (Wildman–Crippen LogP) is 2.09. The molecule has 1 unspecified atom stereocenters. The summed E-state index contributed by atoms with van der Waals surface area (Å²) >= 11 is 0. The summed E-state index contributed by atoms with van der Waals surface area (Å²) in [6, 6.07) is 7.20. The fourth-order valence-corrected chi connectivity index (χ4v) is 2.07. The molecule has 0 saturated heterocycles. The lowest BCUT2D eigenvalue weighted by molar-refractivity contribution is -0.141. The largest absolute Gasteiger partial charge is 0.481 e. The molecule has 0 spiro atoms. The van der Waals surface area contributed by atoms with Crippen LogP contribution in [0.5, 0.6) is 0 Å². The van der Waals surface area contributed by atoms with Crippen molar-refractivity contribution in [1.29, 1.82) is 0 Å². The Morgan fingerprint density at radius 2 is 2.00 bits per heavy atom. The molecule has 0 bridgehead atoms. The van der Waals surface area contributed by atoms with Crippen LogP contribution >= 0.6 is 0 Å². The molecule has 0 aliphatic rings. The van der Waals surface area contributed by atoms with E-state index in [0.717, 1.165) is 11.1 Å². The third-order valence-corrected chi connectivity index (χ3v) is 3.27. The topological polar surface area (TPSA) is 84.2 Å². The molecule has 0 radical (unpaired) electrons. The minimum Gasteiger partial charge on any atom is -0.481 e. The van der Waals surface area contributed by atoms with Crippen LogP contribution in [-0.4, -0.2) is 26.8 Å². The van der Waals surface area contributed by atoms with Gasteiger partial charge in [0.2, 0.25) is 5.91 Å². The molecule has 1 atom stereocenters. The smallest absolute Gasteiger partial charge is 0.306 e. The molecule has 6 nitrogen and oxygen atoms in total. The van der Waals surface area contributed by atoms with Gasteiger partial charge < -0.3 is 10.4 Å². The number of carbonyl (C=O) groups is 2. The van der Waals surface area contributed by atoms with E-state index in [2.05, 4.69) is 10.4 Å². The van der Waals surface area contributed by atoms with Crippen molar-refractivity contribution in [2.45, 2.75) is 26.8 Å². The zero-order valence-electron chi connectivity index (χ0n) is 12.6. The van der Waals surface area contributed by atoms with Gasteiger partial charge in [-0.25, -0.2) is 0 Å². The van der Waals surface area contributed by atoms with Gasteiger partial charge in [0.05, 0.1) is 12.1 Å². The number of aryl methyl sites for hydroxylation is 1. The van der Waals surface area contributed by atoms with Crippen molar-refractivity contribution < 1.29 is 14.7 Å². The maximum atomic E-state index is 11.9. The maximum Gasteiger partial charge on any atom is 0.306 e. The number of aliphatic carboxylic acids is 1. The fourth-order valence-electron chi connectivity index (χ4n) is 2.07. The molecule has 22 heavy (non-hydrogen) atoms. The molecule has 0 saturated carbocycles. The normalized spacial score (nSPS) is 11.9. The van der Waals surface area contributed by atoms with Gasteiger partial charge in [-0.3, -0.25) is 14.3 Å². The Bertz CT molecular complexity index is 662. The number of carboxylic acid groups (broad SMARTS) is 1. The van der Waals surface area contributed by atoms with Crippen molar-refractivity contribution >= 4 is 17.6 Å². The van der Waals surface area contributed by atoms with Gasteiger partial charge in [-0.05, 0) is 36.6 Å². The Morgan fingerprint density at radius 3 is 2.55 bits per heavy atom. The number of nitrogens with zero attached hydrogens (tertiary/aromatic N) is 2. The van der Waals surface area contributed by atoms with Crippen LogP contribution in [-0.2, 0) is 22.6 Å². The van der Waals surface area contributed by atoms with E-state index in [1.807, 2.05) is 19.1 Å². The first kappa shape index (κ1) is 15.8. The van der Waals surface area contributed by atoms with E-state index in [1.165, 1.54) is 0 Å². The number of amides is 1. The molecular weight excluding hydrogens is 282 g/mol. The molecule has 2 N–H and O–H groups in total. The molecule has 2 aromatic rings. The lowest BCUT2D eigenvalue weighted by Gasteiger charge is -2.08. The molecule has 1 amide bonds. The third kappa shape index (κ3) is 4.44. The molecule has 1 aromatic heterocycles. The van der Waals surface area contributed by atoms with Crippen molar-refractivity contribution in [2.75, 3.05) is 5.32 Å². The van der Waals surface area contributed by atoms with Crippen molar-refractivity contribution in [2.24, 2.45) is 5.92 Å². The Kier molecular flexibility index (Phi) is 4.93. The van der Waals surface area contributed by atoms with Crippen LogP contribution in [0.15, 0.2) is 36.7 Å².